The van der Waals surface area contributed by atoms with Gasteiger partial charge in [-0.15, -0.1) is 0 Å². The highest BCUT2D eigenvalue weighted by Crippen LogP contribution is 2.09. The number of nitrogen functional groups attached to an aromatic ring is 1. The molecule has 0 radical (unpaired) electrons. The Morgan fingerprint density at radius 2 is 1.58 bits per heavy atom. The number of halogens is 1. The van der Waals surface area contributed by atoms with E-state index < -0.39 is 0 Å². The molecule has 0 saturated carbocycles. The Hall–Kier alpha value is -1.10. The van der Waals surface area contributed by atoms with Gasteiger partial charge in [-0.05, 0) is 18.0 Å². The number of aromatic nitrogens is 3. The molecule has 0 aliphatic rings. The molecule has 6 heteroatoms. The van der Waals surface area contributed by atoms with E-state index in [0.717, 1.165) is 13.0 Å². The standard InChI is InChI=1S/C13H24ClN5/c1-2-3-4-5-6-7-8-9-10-16-13-18-11(14)17-12(15)19-13/h2-10H2,1H3,(H3,15,16,17,18,19). The van der Waals surface area contributed by atoms with Crippen molar-refractivity contribution in [2.45, 2.75) is 58.3 Å². The van der Waals surface area contributed by atoms with Crippen LogP contribution in [0.25, 0.3) is 0 Å². The van der Waals surface area contributed by atoms with Gasteiger partial charge in [-0.25, -0.2) is 0 Å². The number of rotatable bonds is 10. The van der Waals surface area contributed by atoms with Gasteiger partial charge in [0.05, 0.1) is 0 Å². The Labute approximate surface area is 120 Å². The Morgan fingerprint density at radius 1 is 0.947 bits per heavy atom. The highest BCUT2D eigenvalue weighted by atomic mass is 35.5. The smallest absolute Gasteiger partial charge is 0.228 e. The maximum atomic E-state index is 5.69. The van der Waals surface area contributed by atoms with Gasteiger partial charge >= 0.3 is 0 Å². The van der Waals surface area contributed by atoms with Crippen molar-refractivity contribution in [2.75, 3.05) is 17.6 Å². The summed E-state index contributed by atoms with van der Waals surface area (Å²) in [5.74, 6) is 0.610. The van der Waals surface area contributed by atoms with Crippen molar-refractivity contribution in [3.63, 3.8) is 0 Å². The van der Waals surface area contributed by atoms with E-state index in [2.05, 4.69) is 27.2 Å². The second kappa shape index (κ2) is 9.78. The number of hydrogen-bond donors (Lipinski definition) is 2. The van der Waals surface area contributed by atoms with E-state index >= 15 is 0 Å². The molecule has 0 aromatic carbocycles. The predicted octanol–water partition coefficient (Wildman–Crippen LogP) is 3.66. The Bertz CT molecular complexity index is 339. The molecule has 1 aromatic rings. The molecule has 3 N–H and O–H groups in total. The average molecular weight is 286 g/mol. The highest BCUT2D eigenvalue weighted by Gasteiger charge is 2.01. The second-order valence-electron chi connectivity index (χ2n) is 4.69. The lowest BCUT2D eigenvalue weighted by Gasteiger charge is -2.05. The van der Waals surface area contributed by atoms with Crippen molar-refractivity contribution >= 4 is 23.5 Å². The van der Waals surface area contributed by atoms with Crippen molar-refractivity contribution in [3.8, 4) is 0 Å². The molecule has 1 aromatic heterocycles. The van der Waals surface area contributed by atoms with E-state index in [1.54, 1.807) is 0 Å². The van der Waals surface area contributed by atoms with Gasteiger partial charge in [0.15, 0.2) is 0 Å². The Kier molecular flexibility index (Phi) is 8.21. The van der Waals surface area contributed by atoms with Gasteiger partial charge in [-0.1, -0.05) is 51.9 Å². The largest absolute Gasteiger partial charge is 0.368 e. The number of nitrogens with zero attached hydrogens (tertiary/aromatic N) is 3. The first-order valence-electron chi connectivity index (χ1n) is 7.13. The van der Waals surface area contributed by atoms with Crippen LogP contribution in [-0.4, -0.2) is 21.5 Å². The minimum Gasteiger partial charge on any atom is -0.368 e. The topological polar surface area (TPSA) is 76.7 Å². The lowest BCUT2D eigenvalue weighted by molar-refractivity contribution is 0.580. The molecule has 0 saturated heterocycles. The quantitative estimate of drug-likeness (QED) is 0.642. The van der Waals surface area contributed by atoms with Crippen molar-refractivity contribution in [1.82, 2.24) is 15.0 Å². The summed E-state index contributed by atoms with van der Waals surface area (Å²) in [5.41, 5.74) is 5.48. The van der Waals surface area contributed by atoms with Crippen LogP contribution < -0.4 is 11.1 Å². The zero-order valence-corrected chi connectivity index (χ0v) is 12.4. The van der Waals surface area contributed by atoms with Crippen LogP contribution in [0.1, 0.15) is 58.3 Å². The van der Waals surface area contributed by atoms with E-state index in [1.165, 1.54) is 44.9 Å². The molecule has 1 heterocycles. The van der Waals surface area contributed by atoms with Gasteiger partial charge in [0.2, 0.25) is 17.2 Å². The molecule has 108 valence electrons. The lowest BCUT2D eigenvalue weighted by atomic mass is 10.1. The van der Waals surface area contributed by atoms with Gasteiger partial charge in [0, 0.05) is 6.54 Å². The third-order valence-electron chi connectivity index (χ3n) is 2.94. The van der Waals surface area contributed by atoms with Crippen molar-refractivity contribution < 1.29 is 0 Å². The maximum absolute atomic E-state index is 5.69. The molecule has 0 spiro atoms. The lowest BCUT2D eigenvalue weighted by Crippen LogP contribution is -2.08. The molecule has 0 aliphatic carbocycles. The Balaban J connectivity index is 2.01. The summed E-state index contributed by atoms with van der Waals surface area (Å²) in [6, 6.07) is 0. The van der Waals surface area contributed by atoms with Crippen LogP contribution in [0.2, 0.25) is 5.28 Å². The highest BCUT2D eigenvalue weighted by molar-refractivity contribution is 6.28. The average Bonchev–Trinajstić information content (AvgIpc) is 2.36. The third kappa shape index (κ3) is 7.82. The van der Waals surface area contributed by atoms with E-state index in [9.17, 15) is 0 Å². The summed E-state index contributed by atoms with van der Waals surface area (Å²) in [6.07, 6.45) is 10.4. The molecule has 5 nitrogen and oxygen atoms in total. The fourth-order valence-corrected chi connectivity index (χ4v) is 2.07. The van der Waals surface area contributed by atoms with E-state index in [4.69, 9.17) is 17.3 Å². The van der Waals surface area contributed by atoms with E-state index in [-0.39, 0.29) is 11.2 Å². The van der Waals surface area contributed by atoms with Crippen molar-refractivity contribution in [2.24, 2.45) is 0 Å². The van der Waals surface area contributed by atoms with Crippen LogP contribution in [0.15, 0.2) is 0 Å². The molecular weight excluding hydrogens is 262 g/mol. The molecule has 0 aliphatic heterocycles. The number of nitrogens with two attached hydrogens (primary N) is 1. The predicted molar refractivity (Wildman–Crippen MR) is 80.3 cm³/mol. The van der Waals surface area contributed by atoms with Crippen LogP contribution in [0.4, 0.5) is 11.9 Å². The summed E-state index contributed by atoms with van der Waals surface area (Å²) in [5, 5.41) is 3.24. The SMILES string of the molecule is CCCCCCCCCCNc1nc(N)nc(Cl)n1. The number of hydrogen-bond acceptors (Lipinski definition) is 5. The van der Waals surface area contributed by atoms with Crippen LogP contribution in [0, 0.1) is 0 Å². The first-order valence-corrected chi connectivity index (χ1v) is 7.51. The normalized spacial score (nSPS) is 10.6. The molecule has 1 rings (SSSR count). The third-order valence-corrected chi connectivity index (χ3v) is 3.11. The zero-order chi connectivity index (χ0) is 13.9. The molecule has 0 unspecified atom stereocenters. The van der Waals surface area contributed by atoms with E-state index in [1.807, 2.05) is 0 Å². The van der Waals surface area contributed by atoms with Gasteiger partial charge in [-0.3, -0.25) is 0 Å². The van der Waals surface area contributed by atoms with Gasteiger partial charge in [0.25, 0.3) is 0 Å². The summed E-state index contributed by atoms with van der Waals surface area (Å²) >= 11 is 5.69. The monoisotopic (exact) mass is 285 g/mol. The molecule has 0 amide bonds. The van der Waals surface area contributed by atoms with Gasteiger partial charge < -0.3 is 11.1 Å². The van der Waals surface area contributed by atoms with Crippen LogP contribution in [0.5, 0.6) is 0 Å². The first kappa shape index (κ1) is 16.0. The molecule has 0 atom stereocenters. The maximum Gasteiger partial charge on any atom is 0.228 e. The summed E-state index contributed by atoms with van der Waals surface area (Å²) < 4.78 is 0. The summed E-state index contributed by atoms with van der Waals surface area (Å²) in [6.45, 7) is 3.08. The fourth-order valence-electron chi connectivity index (χ4n) is 1.90. The van der Waals surface area contributed by atoms with E-state index in [0.29, 0.717) is 5.95 Å². The zero-order valence-electron chi connectivity index (χ0n) is 11.7. The molecule has 19 heavy (non-hydrogen) atoms. The van der Waals surface area contributed by atoms with Crippen molar-refractivity contribution in [3.05, 3.63) is 5.28 Å². The minimum atomic E-state index is 0.130. The van der Waals surface area contributed by atoms with Crippen LogP contribution in [0.3, 0.4) is 0 Å². The van der Waals surface area contributed by atoms with Crippen LogP contribution >= 0.6 is 11.6 Å². The number of anilines is 2. The summed E-state index contributed by atoms with van der Waals surface area (Å²) in [7, 11) is 0. The van der Waals surface area contributed by atoms with Crippen LogP contribution in [-0.2, 0) is 0 Å². The number of unbranched alkanes of at least 4 members (excludes halogenated alkanes) is 7. The Morgan fingerprint density at radius 3 is 2.21 bits per heavy atom. The van der Waals surface area contributed by atoms with Gasteiger partial charge in [0.1, 0.15) is 0 Å². The van der Waals surface area contributed by atoms with Crippen molar-refractivity contribution in [1.29, 1.82) is 0 Å². The second-order valence-corrected chi connectivity index (χ2v) is 5.03. The molecule has 0 bridgehead atoms. The molecular formula is C13H24ClN5. The summed E-state index contributed by atoms with van der Waals surface area (Å²) in [4.78, 5) is 11.6. The molecule has 0 fully saturated rings. The first-order chi connectivity index (χ1) is 9.22. The fraction of sp³-hybridized carbons (Fsp3) is 0.769. The number of nitrogens with one attached hydrogen (secondary N) is 1. The minimum absolute atomic E-state index is 0.130. The van der Waals surface area contributed by atoms with Gasteiger partial charge in [-0.2, -0.15) is 15.0 Å².